The van der Waals surface area contributed by atoms with E-state index in [0.717, 1.165) is 12.1 Å². The summed E-state index contributed by atoms with van der Waals surface area (Å²) in [4.78, 5) is 14.5. The molecule has 2 rings (SSSR count). The van der Waals surface area contributed by atoms with Gasteiger partial charge in [-0.05, 0) is 18.2 Å². The third kappa shape index (κ3) is 2.37. The van der Waals surface area contributed by atoms with Crippen LogP contribution in [0.2, 0.25) is 0 Å². The molecule has 1 aliphatic heterocycles. The molecule has 0 spiro atoms. The third-order valence-corrected chi connectivity index (χ3v) is 2.50. The summed E-state index contributed by atoms with van der Waals surface area (Å²) in [5.41, 5.74) is -0.312. The minimum atomic E-state index is -4.71. The summed E-state index contributed by atoms with van der Waals surface area (Å²) < 4.78 is 37.5. The number of nitrogens with zero attached hydrogens (tertiary/aromatic N) is 1. The van der Waals surface area contributed by atoms with Crippen LogP contribution in [0.15, 0.2) is 30.5 Å². The van der Waals surface area contributed by atoms with Crippen molar-refractivity contribution in [3.63, 3.8) is 0 Å². The van der Waals surface area contributed by atoms with Crippen molar-refractivity contribution in [3.8, 4) is 0 Å². The lowest BCUT2D eigenvalue weighted by atomic mass is 10.0. The van der Waals surface area contributed by atoms with Gasteiger partial charge in [0.25, 0.3) is 5.69 Å². The van der Waals surface area contributed by atoms with Gasteiger partial charge in [0, 0.05) is 12.3 Å². The van der Waals surface area contributed by atoms with E-state index < -0.39 is 33.7 Å². The van der Waals surface area contributed by atoms with Gasteiger partial charge < -0.3 is 5.11 Å². The summed E-state index contributed by atoms with van der Waals surface area (Å²) in [7, 11) is 0. The Balaban J connectivity index is 2.57. The van der Waals surface area contributed by atoms with Gasteiger partial charge in [0.1, 0.15) is 0 Å². The molecule has 1 aromatic rings. The number of rotatable bonds is 2. The number of nitro groups is 1. The monoisotopic (exact) mass is 276 g/mol. The highest BCUT2D eigenvalue weighted by atomic mass is 19.4. The van der Waals surface area contributed by atoms with Crippen molar-refractivity contribution >= 4 is 5.69 Å². The molecule has 1 aliphatic rings. The smallest absolute Gasteiger partial charge is 0.357 e. The van der Waals surface area contributed by atoms with Crippen LogP contribution in [0, 0.1) is 10.1 Å². The Kier molecular flexibility index (Phi) is 2.95. The highest BCUT2D eigenvalue weighted by Gasteiger charge is 2.40. The highest BCUT2D eigenvalue weighted by Crippen LogP contribution is 2.38. The van der Waals surface area contributed by atoms with Crippen molar-refractivity contribution in [1.82, 2.24) is 5.48 Å². The number of nitrogens with one attached hydrogen (secondary N) is 1. The number of benzene rings is 1. The first-order valence-corrected chi connectivity index (χ1v) is 4.94. The first-order chi connectivity index (χ1) is 8.74. The van der Waals surface area contributed by atoms with Crippen molar-refractivity contribution in [1.29, 1.82) is 0 Å². The average Bonchev–Trinajstić information content (AvgIpc) is 2.75. The largest absolute Gasteiger partial charge is 0.416 e. The maximum atomic E-state index is 12.5. The predicted molar refractivity (Wildman–Crippen MR) is 55.4 cm³/mol. The number of halogens is 3. The number of aliphatic hydroxyl groups is 1. The van der Waals surface area contributed by atoms with E-state index in [1.807, 2.05) is 0 Å². The normalized spacial score (nSPS) is 22.3. The lowest BCUT2D eigenvalue weighted by molar-refractivity contribution is -0.388. The number of hydrogen-bond acceptors (Lipinski definition) is 5. The third-order valence-electron chi connectivity index (χ3n) is 2.50. The van der Waals surface area contributed by atoms with E-state index in [-0.39, 0.29) is 0 Å². The zero-order valence-corrected chi connectivity index (χ0v) is 9.14. The Morgan fingerprint density at radius 3 is 2.58 bits per heavy atom. The van der Waals surface area contributed by atoms with Crippen molar-refractivity contribution < 1.29 is 28.0 Å². The van der Waals surface area contributed by atoms with Gasteiger partial charge in [-0.25, -0.2) is 4.84 Å². The Labute approximate surface area is 104 Å². The minimum absolute atomic E-state index is 0.350. The van der Waals surface area contributed by atoms with Crippen LogP contribution >= 0.6 is 0 Å². The van der Waals surface area contributed by atoms with Gasteiger partial charge in [0.15, 0.2) is 0 Å². The first-order valence-electron chi connectivity index (χ1n) is 4.94. The van der Waals surface area contributed by atoms with Crippen LogP contribution in [0.1, 0.15) is 11.1 Å². The van der Waals surface area contributed by atoms with E-state index in [2.05, 4.69) is 10.3 Å². The summed E-state index contributed by atoms with van der Waals surface area (Å²) in [6, 6.07) is 1.79. The molecule has 1 atom stereocenters. The Morgan fingerprint density at radius 1 is 1.42 bits per heavy atom. The summed E-state index contributed by atoms with van der Waals surface area (Å²) in [6.45, 7) is 0. The van der Waals surface area contributed by atoms with Crippen LogP contribution in [0.25, 0.3) is 0 Å². The van der Waals surface area contributed by atoms with Gasteiger partial charge in [-0.3, -0.25) is 15.6 Å². The van der Waals surface area contributed by atoms with E-state index >= 15 is 0 Å². The van der Waals surface area contributed by atoms with Crippen LogP contribution in [-0.4, -0.2) is 10.0 Å². The molecular formula is C10H7F3N2O4. The molecule has 0 radical (unpaired) electrons. The average molecular weight is 276 g/mol. The summed E-state index contributed by atoms with van der Waals surface area (Å²) >= 11 is 0. The fourth-order valence-corrected chi connectivity index (χ4v) is 1.61. The second-order valence-electron chi connectivity index (χ2n) is 3.74. The van der Waals surface area contributed by atoms with Crippen molar-refractivity contribution in [2.45, 2.75) is 12.0 Å². The Bertz CT molecular complexity index is 558. The summed E-state index contributed by atoms with van der Waals surface area (Å²) in [6.07, 6.45) is -2.50. The molecule has 0 aliphatic carbocycles. The molecule has 0 saturated carbocycles. The molecule has 0 aromatic heterocycles. The van der Waals surface area contributed by atoms with Crippen molar-refractivity contribution in [2.75, 3.05) is 0 Å². The van der Waals surface area contributed by atoms with Gasteiger partial charge in [-0.15, -0.1) is 0 Å². The summed E-state index contributed by atoms with van der Waals surface area (Å²) in [5, 5.41) is 20.8. The van der Waals surface area contributed by atoms with Crippen LogP contribution in [0.3, 0.4) is 0 Å². The molecule has 9 heteroatoms. The fraction of sp³-hybridized carbons (Fsp3) is 0.200. The zero-order valence-electron chi connectivity index (χ0n) is 9.14. The molecule has 6 nitrogen and oxygen atoms in total. The molecule has 1 unspecified atom stereocenters. The number of alkyl halides is 3. The predicted octanol–water partition coefficient (Wildman–Crippen LogP) is 1.81. The summed E-state index contributed by atoms with van der Waals surface area (Å²) in [5.74, 6) is -2.17. The van der Waals surface area contributed by atoms with E-state index in [4.69, 9.17) is 0 Å². The highest BCUT2D eigenvalue weighted by molar-refractivity contribution is 5.48. The molecule has 102 valence electrons. The maximum absolute atomic E-state index is 12.5. The maximum Gasteiger partial charge on any atom is 0.416 e. The zero-order chi connectivity index (χ0) is 14.3. The SMILES string of the molecule is O=[N+]([O-])c1cc(C(F)(F)F)ccc1C1(O)C=CNO1. The molecule has 1 heterocycles. The molecule has 0 bridgehead atoms. The molecule has 0 amide bonds. The first kappa shape index (κ1) is 13.3. The van der Waals surface area contributed by atoms with Crippen molar-refractivity contribution in [2.24, 2.45) is 0 Å². The second kappa shape index (κ2) is 4.21. The molecule has 19 heavy (non-hydrogen) atoms. The molecule has 2 N–H and O–H groups in total. The fourth-order valence-electron chi connectivity index (χ4n) is 1.61. The second-order valence-corrected chi connectivity index (χ2v) is 3.74. The van der Waals surface area contributed by atoms with Gasteiger partial charge in [0.2, 0.25) is 5.79 Å². The lowest BCUT2D eigenvalue weighted by Gasteiger charge is -2.19. The van der Waals surface area contributed by atoms with E-state index in [1.54, 1.807) is 0 Å². The van der Waals surface area contributed by atoms with Crippen LogP contribution in [0.5, 0.6) is 0 Å². The van der Waals surface area contributed by atoms with E-state index in [9.17, 15) is 28.4 Å². The van der Waals surface area contributed by atoms with Crippen LogP contribution < -0.4 is 5.48 Å². The molecule has 1 aromatic carbocycles. The standard InChI is InChI=1S/C10H7F3N2O4/c11-10(12,13)6-1-2-7(8(5-6)15(17)18)9(16)3-4-14-19-9/h1-5,14,16H. The number of hydrogen-bond donors (Lipinski definition) is 2. The quantitative estimate of drug-likeness (QED) is 0.635. The van der Waals surface area contributed by atoms with Gasteiger partial charge in [-0.1, -0.05) is 0 Å². The van der Waals surface area contributed by atoms with Crippen LogP contribution in [0.4, 0.5) is 18.9 Å². The Hall–Kier alpha value is -2.13. The van der Waals surface area contributed by atoms with Gasteiger partial charge >= 0.3 is 6.18 Å². The van der Waals surface area contributed by atoms with Crippen molar-refractivity contribution in [3.05, 3.63) is 51.7 Å². The minimum Gasteiger partial charge on any atom is -0.357 e. The lowest BCUT2D eigenvalue weighted by Crippen LogP contribution is -2.27. The van der Waals surface area contributed by atoms with Gasteiger partial charge in [-0.2, -0.15) is 13.2 Å². The molecule has 0 fully saturated rings. The van der Waals surface area contributed by atoms with Crippen LogP contribution in [-0.2, 0) is 16.8 Å². The Morgan fingerprint density at radius 2 is 2.11 bits per heavy atom. The van der Waals surface area contributed by atoms with E-state index in [0.29, 0.717) is 12.1 Å². The number of nitro benzene ring substituents is 1. The molecular weight excluding hydrogens is 269 g/mol. The van der Waals surface area contributed by atoms with E-state index in [1.165, 1.54) is 6.20 Å². The van der Waals surface area contributed by atoms with Gasteiger partial charge in [0.05, 0.1) is 16.1 Å². The number of hydroxylamine groups is 1. The molecule has 0 saturated heterocycles. The topological polar surface area (TPSA) is 84.6 Å².